The fourth-order valence-corrected chi connectivity index (χ4v) is 7.01. The van der Waals surface area contributed by atoms with Gasteiger partial charge < -0.3 is 23.5 Å². The minimum Gasteiger partial charge on any atom is -0.489 e. The first-order chi connectivity index (χ1) is 20.0. The first-order valence-corrected chi connectivity index (χ1v) is 14.5. The van der Waals surface area contributed by atoms with Crippen LogP contribution < -0.4 is 24.6 Å². The van der Waals surface area contributed by atoms with Crippen LogP contribution >= 0.6 is 7.37 Å². The number of esters is 2. The fraction of sp³-hybridized carbons (Fsp3) is 0.125. The molecule has 41 heavy (non-hydrogen) atoms. The maximum absolute atomic E-state index is 15.1. The highest BCUT2D eigenvalue weighted by Gasteiger charge is 2.41. The van der Waals surface area contributed by atoms with E-state index in [0.29, 0.717) is 33.3 Å². The van der Waals surface area contributed by atoms with Crippen molar-refractivity contribution >= 4 is 40.7 Å². The summed E-state index contributed by atoms with van der Waals surface area (Å²) in [5.74, 6) is 0.0697. The second-order valence-electron chi connectivity index (χ2n) is 8.86. The lowest BCUT2D eigenvalue weighted by Gasteiger charge is -2.30. The van der Waals surface area contributed by atoms with E-state index in [0.717, 1.165) is 23.3 Å². The summed E-state index contributed by atoms with van der Waals surface area (Å²) in [4.78, 5) is 23.1. The fourth-order valence-electron chi connectivity index (χ4n) is 4.58. The second-order valence-corrected chi connectivity index (χ2v) is 11.1. The predicted molar refractivity (Wildman–Crippen MR) is 157 cm³/mol. The summed E-state index contributed by atoms with van der Waals surface area (Å²) in [6.07, 6.45) is 2.15. The molecule has 0 N–H and O–H groups in total. The second kappa shape index (κ2) is 12.1. The maximum Gasteiger partial charge on any atom is 0.330 e. The average Bonchev–Trinajstić information content (AvgIpc) is 3.01. The SMILES string of the molecule is C=CC(=O)OCCOc1cc(P2(=O)Oc3ccccc3-c3ccccc32)c(OCCOC(=O)C=C)c2ccccc12. The molecule has 0 aromatic heterocycles. The van der Waals surface area contributed by atoms with Gasteiger partial charge in [-0.3, -0.25) is 4.57 Å². The molecule has 1 unspecified atom stereocenters. The van der Waals surface area contributed by atoms with Crippen LogP contribution in [0.3, 0.4) is 0 Å². The molecular formula is C32H27O8P. The Labute approximate surface area is 237 Å². The summed E-state index contributed by atoms with van der Waals surface area (Å²) in [5.41, 5.74) is 1.62. The van der Waals surface area contributed by atoms with Gasteiger partial charge in [-0.25, -0.2) is 9.59 Å². The van der Waals surface area contributed by atoms with Crippen molar-refractivity contribution in [2.24, 2.45) is 0 Å². The van der Waals surface area contributed by atoms with E-state index in [2.05, 4.69) is 13.2 Å². The quantitative estimate of drug-likeness (QED) is 0.103. The Balaban J connectivity index is 1.63. The lowest BCUT2D eigenvalue weighted by Crippen LogP contribution is -2.27. The van der Waals surface area contributed by atoms with Gasteiger partial charge in [0.1, 0.15) is 43.7 Å². The van der Waals surface area contributed by atoms with Crippen molar-refractivity contribution in [2.75, 3.05) is 26.4 Å². The van der Waals surface area contributed by atoms with Crippen LogP contribution in [0.25, 0.3) is 21.9 Å². The number of fused-ring (bicyclic) bond motifs is 4. The third-order valence-electron chi connectivity index (χ3n) is 6.37. The van der Waals surface area contributed by atoms with E-state index in [4.69, 9.17) is 23.5 Å². The molecule has 208 valence electrons. The number of para-hydroxylation sites is 1. The van der Waals surface area contributed by atoms with Crippen molar-refractivity contribution in [3.8, 4) is 28.4 Å². The van der Waals surface area contributed by atoms with Crippen molar-refractivity contribution in [3.63, 3.8) is 0 Å². The Morgan fingerprint density at radius 2 is 1.29 bits per heavy atom. The number of rotatable bonds is 11. The molecule has 0 spiro atoms. The Bertz CT molecular complexity index is 1690. The highest BCUT2D eigenvalue weighted by Crippen LogP contribution is 2.56. The van der Waals surface area contributed by atoms with Gasteiger partial charge in [-0.15, -0.1) is 0 Å². The molecule has 0 saturated carbocycles. The first-order valence-electron chi connectivity index (χ1n) is 12.8. The third kappa shape index (κ3) is 5.60. The molecule has 0 fully saturated rings. The van der Waals surface area contributed by atoms with Gasteiger partial charge in [0.05, 0.1) is 10.6 Å². The monoisotopic (exact) mass is 570 g/mol. The van der Waals surface area contributed by atoms with Gasteiger partial charge in [0.15, 0.2) is 0 Å². The summed E-state index contributed by atoms with van der Waals surface area (Å²) < 4.78 is 43.9. The summed E-state index contributed by atoms with van der Waals surface area (Å²) in [6, 6.07) is 23.8. The number of hydrogen-bond donors (Lipinski definition) is 0. The summed E-state index contributed by atoms with van der Waals surface area (Å²) in [6.45, 7) is 6.78. The number of hydrogen-bond acceptors (Lipinski definition) is 8. The molecule has 1 heterocycles. The van der Waals surface area contributed by atoms with Crippen molar-refractivity contribution in [1.82, 2.24) is 0 Å². The minimum atomic E-state index is -3.82. The van der Waals surface area contributed by atoms with Crippen LogP contribution in [-0.2, 0) is 23.6 Å². The van der Waals surface area contributed by atoms with Crippen molar-refractivity contribution in [3.05, 3.63) is 104 Å². The van der Waals surface area contributed by atoms with E-state index in [1.807, 2.05) is 60.7 Å². The Kier molecular flexibility index (Phi) is 8.22. The molecule has 1 aliphatic rings. The van der Waals surface area contributed by atoms with Gasteiger partial charge in [0.25, 0.3) is 0 Å². The van der Waals surface area contributed by atoms with E-state index in [-0.39, 0.29) is 31.7 Å². The van der Waals surface area contributed by atoms with Crippen molar-refractivity contribution in [2.45, 2.75) is 0 Å². The van der Waals surface area contributed by atoms with Gasteiger partial charge in [-0.2, -0.15) is 0 Å². The van der Waals surface area contributed by atoms with E-state index in [1.165, 1.54) is 0 Å². The zero-order valence-electron chi connectivity index (χ0n) is 22.1. The van der Waals surface area contributed by atoms with E-state index < -0.39 is 19.3 Å². The highest BCUT2D eigenvalue weighted by atomic mass is 31.2. The zero-order chi connectivity index (χ0) is 28.8. The molecule has 4 aromatic carbocycles. The van der Waals surface area contributed by atoms with Crippen LogP contribution in [-0.4, -0.2) is 38.4 Å². The minimum absolute atomic E-state index is 0.00742. The average molecular weight is 571 g/mol. The topological polar surface area (TPSA) is 97.4 Å². The molecule has 9 heteroatoms. The number of carbonyl (C=O) groups excluding carboxylic acids is 2. The van der Waals surface area contributed by atoms with Crippen LogP contribution in [0.2, 0.25) is 0 Å². The van der Waals surface area contributed by atoms with Gasteiger partial charge in [0, 0.05) is 28.5 Å². The molecule has 4 aromatic rings. The van der Waals surface area contributed by atoms with Crippen LogP contribution in [0.1, 0.15) is 0 Å². The van der Waals surface area contributed by atoms with E-state index >= 15 is 4.57 Å². The third-order valence-corrected chi connectivity index (χ3v) is 8.82. The molecule has 0 amide bonds. The summed E-state index contributed by atoms with van der Waals surface area (Å²) >= 11 is 0. The van der Waals surface area contributed by atoms with Gasteiger partial charge in [-0.05, 0) is 23.8 Å². The molecule has 0 bridgehead atoms. The standard InChI is InChI=1S/C32H27O8P/c1-3-30(33)37-18-17-36-27-21-29(32(25-14-6-5-12-23(25)27)39-20-19-38-31(34)4-2)41(35)28-16-10-8-13-24(28)22-11-7-9-15-26(22)40-41/h3-16,21H,1-2,17-20H2. The smallest absolute Gasteiger partial charge is 0.330 e. The summed E-state index contributed by atoms with van der Waals surface area (Å²) in [5, 5.41) is 2.10. The molecule has 0 aliphatic carbocycles. The Hall–Kier alpha value is -4.81. The maximum atomic E-state index is 15.1. The molecule has 1 atom stereocenters. The van der Waals surface area contributed by atoms with Crippen molar-refractivity contribution in [1.29, 1.82) is 0 Å². The number of carbonyl (C=O) groups is 2. The molecule has 8 nitrogen and oxygen atoms in total. The molecule has 1 aliphatic heterocycles. The summed E-state index contributed by atoms with van der Waals surface area (Å²) in [7, 11) is -3.82. The largest absolute Gasteiger partial charge is 0.489 e. The van der Waals surface area contributed by atoms with Crippen LogP contribution in [0.5, 0.6) is 17.2 Å². The predicted octanol–water partition coefficient (Wildman–Crippen LogP) is 5.34. The van der Waals surface area contributed by atoms with Gasteiger partial charge in [0.2, 0.25) is 0 Å². The first kappa shape index (κ1) is 27.7. The molecule has 5 rings (SSSR count). The lowest BCUT2D eigenvalue weighted by atomic mass is 10.0. The Morgan fingerprint density at radius 1 is 0.707 bits per heavy atom. The molecule has 0 radical (unpaired) electrons. The van der Waals surface area contributed by atoms with Crippen LogP contribution in [0.15, 0.2) is 104 Å². The van der Waals surface area contributed by atoms with Gasteiger partial charge in [-0.1, -0.05) is 73.8 Å². The van der Waals surface area contributed by atoms with Crippen LogP contribution in [0, 0.1) is 0 Å². The van der Waals surface area contributed by atoms with E-state index in [9.17, 15) is 9.59 Å². The molecular weight excluding hydrogens is 543 g/mol. The van der Waals surface area contributed by atoms with E-state index in [1.54, 1.807) is 18.2 Å². The van der Waals surface area contributed by atoms with Gasteiger partial charge >= 0.3 is 19.3 Å². The Morgan fingerprint density at radius 3 is 2.00 bits per heavy atom. The van der Waals surface area contributed by atoms with Crippen molar-refractivity contribution < 1.29 is 37.6 Å². The number of benzene rings is 4. The number of ether oxygens (including phenoxy) is 4. The zero-order valence-corrected chi connectivity index (χ0v) is 23.0. The molecule has 0 saturated heterocycles. The normalized spacial score (nSPS) is 15.0. The lowest BCUT2D eigenvalue weighted by molar-refractivity contribution is -0.139. The highest BCUT2D eigenvalue weighted by molar-refractivity contribution is 7.75. The van der Waals surface area contributed by atoms with Crippen LogP contribution in [0.4, 0.5) is 0 Å².